The molecule has 0 amide bonds. The Morgan fingerprint density at radius 3 is 2.26 bits per heavy atom. The van der Waals surface area contributed by atoms with Crippen LogP contribution in [0, 0.1) is 20.2 Å². The van der Waals surface area contributed by atoms with Crippen LogP contribution in [0.3, 0.4) is 0 Å². The summed E-state index contributed by atoms with van der Waals surface area (Å²) in [4.78, 5) is 20.4. The highest BCUT2D eigenvalue weighted by Crippen LogP contribution is 2.34. The largest absolute Gasteiger partial charge is 0.291 e. The molecule has 0 aromatic heterocycles. The van der Waals surface area contributed by atoms with E-state index in [0.717, 1.165) is 22.4 Å². The minimum absolute atomic E-state index is 0.274. The lowest BCUT2D eigenvalue weighted by atomic mass is 10.3. The molecule has 0 N–H and O–H groups in total. The lowest BCUT2D eigenvalue weighted by Gasteiger charge is -2.00. The number of hydrogen-bond acceptors (Lipinski definition) is 8. The van der Waals surface area contributed by atoms with Gasteiger partial charge in [0.25, 0.3) is 11.4 Å². The summed E-state index contributed by atoms with van der Waals surface area (Å²) in [6.07, 6.45) is 3.69. The van der Waals surface area contributed by atoms with Crippen molar-refractivity contribution in [2.45, 2.75) is 4.90 Å². The van der Waals surface area contributed by atoms with Crippen molar-refractivity contribution >= 4 is 51.2 Å². The molecule has 1 aromatic rings. The van der Waals surface area contributed by atoms with E-state index in [4.69, 9.17) is 0 Å². The molecule has 0 saturated heterocycles. The number of rotatable bonds is 4. The molecule has 0 aliphatic rings. The first kappa shape index (κ1) is 15.8. The fraction of sp³-hybridized carbons (Fsp3) is 0.222. The first-order chi connectivity index (χ1) is 8.99. The van der Waals surface area contributed by atoms with Gasteiger partial charge in [0, 0.05) is 18.0 Å². The molecule has 0 unspecified atom stereocenters. The van der Waals surface area contributed by atoms with Crippen molar-refractivity contribution in [3.8, 4) is 0 Å². The molecule has 1 aromatic carbocycles. The highest BCUT2D eigenvalue weighted by Gasteiger charge is 2.19. The minimum atomic E-state index is -0.667. The Hall–Kier alpha value is -1.26. The molecule has 102 valence electrons. The van der Waals surface area contributed by atoms with Crippen molar-refractivity contribution in [3.63, 3.8) is 0 Å². The highest BCUT2D eigenvalue weighted by molar-refractivity contribution is 8.38. The molecule has 19 heavy (non-hydrogen) atoms. The SMILES string of the molecule is CSC(=NSc1ccc([N+](=O)[O-])cc1[N+](=O)[O-])SC. The van der Waals surface area contributed by atoms with Crippen LogP contribution in [-0.2, 0) is 0 Å². The third-order valence-corrected chi connectivity index (χ3v) is 4.85. The summed E-state index contributed by atoms with van der Waals surface area (Å²) in [6, 6.07) is 3.50. The normalized spacial score (nSPS) is 10.0. The number of nitro benzene ring substituents is 2. The third-order valence-electron chi connectivity index (χ3n) is 1.92. The van der Waals surface area contributed by atoms with Gasteiger partial charge < -0.3 is 0 Å². The summed E-state index contributed by atoms with van der Waals surface area (Å²) in [6.45, 7) is 0. The van der Waals surface area contributed by atoms with Crippen molar-refractivity contribution in [1.29, 1.82) is 0 Å². The topological polar surface area (TPSA) is 98.6 Å². The molecule has 0 atom stereocenters. The van der Waals surface area contributed by atoms with Gasteiger partial charge in [-0.1, -0.05) is 0 Å². The van der Waals surface area contributed by atoms with Gasteiger partial charge >= 0.3 is 0 Å². The Bertz CT molecular complexity index is 529. The highest BCUT2D eigenvalue weighted by atomic mass is 32.2. The summed E-state index contributed by atoms with van der Waals surface area (Å²) in [5.41, 5.74) is -0.625. The van der Waals surface area contributed by atoms with Crippen LogP contribution in [0.4, 0.5) is 11.4 Å². The fourth-order valence-electron chi connectivity index (χ4n) is 1.08. The van der Waals surface area contributed by atoms with Crippen LogP contribution >= 0.6 is 35.5 Å². The molecule has 0 aliphatic carbocycles. The van der Waals surface area contributed by atoms with E-state index in [1.807, 2.05) is 12.5 Å². The average molecular weight is 319 g/mol. The van der Waals surface area contributed by atoms with Crippen molar-refractivity contribution < 1.29 is 9.85 Å². The summed E-state index contributed by atoms with van der Waals surface area (Å²) < 4.78 is 4.90. The molecular weight excluding hydrogens is 310 g/mol. The Morgan fingerprint density at radius 2 is 1.79 bits per heavy atom. The van der Waals surface area contributed by atoms with Crippen LogP contribution in [0.2, 0.25) is 0 Å². The number of non-ortho nitro benzene ring substituents is 1. The minimum Gasteiger partial charge on any atom is -0.258 e. The zero-order valence-corrected chi connectivity index (χ0v) is 12.4. The van der Waals surface area contributed by atoms with Gasteiger partial charge in [-0.3, -0.25) is 20.2 Å². The first-order valence-corrected chi connectivity index (χ1v) is 7.97. The second kappa shape index (κ2) is 7.36. The smallest absolute Gasteiger partial charge is 0.258 e. The standard InChI is InChI=1S/C9H9N3O4S3/c1-17-9(18-2)10-19-8-4-3-6(11(13)14)5-7(8)12(15)16/h3-5H,1-2H3. The molecule has 10 heteroatoms. The first-order valence-electron chi connectivity index (χ1n) is 4.75. The molecule has 0 heterocycles. The van der Waals surface area contributed by atoms with E-state index in [1.54, 1.807) is 0 Å². The van der Waals surface area contributed by atoms with Gasteiger partial charge in [-0.05, 0) is 18.6 Å². The molecule has 1 rings (SSSR count). The van der Waals surface area contributed by atoms with Gasteiger partial charge in [-0.15, -0.1) is 23.5 Å². The second-order valence-electron chi connectivity index (χ2n) is 3.02. The van der Waals surface area contributed by atoms with Crippen LogP contribution < -0.4 is 0 Å². The van der Waals surface area contributed by atoms with Gasteiger partial charge in [-0.25, -0.2) is 0 Å². The Balaban J connectivity index is 3.10. The Labute approximate surface area is 121 Å². The van der Waals surface area contributed by atoms with Gasteiger partial charge in [0.2, 0.25) is 0 Å². The maximum absolute atomic E-state index is 10.9. The number of benzene rings is 1. The zero-order valence-electron chi connectivity index (χ0n) is 9.93. The molecule has 0 saturated carbocycles. The maximum atomic E-state index is 10.9. The quantitative estimate of drug-likeness (QED) is 0.275. The van der Waals surface area contributed by atoms with E-state index in [1.165, 1.54) is 35.7 Å². The molecule has 0 aliphatic heterocycles. The Kier molecular flexibility index (Phi) is 6.12. The lowest BCUT2D eigenvalue weighted by Crippen LogP contribution is -1.94. The third kappa shape index (κ3) is 4.40. The lowest BCUT2D eigenvalue weighted by molar-refractivity contribution is -0.396. The number of hydrogen-bond donors (Lipinski definition) is 0. The van der Waals surface area contributed by atoms with E-state index in [-0.39, 0.29) is 16.3 Å². The molecular formula is C9H9N3O4S3. The van der Waals surface area contributed by atoms with Crippen LogP contribution in [0.5, 0.6) is 0 Å². The summed E-state index contributed by atoms with van der Waals surface area (Å²) in [7, 11) is 0. The second-order valence-corrected chi connectivity index (χ2v) is 5.68. The van der Waals surface area contributed by atoms with Crippen molar-refractivity contribution in [2.75, 3.05) is 12.5 Å². The van der Waals surface area contributed by atoms with Crippen LogP contribution in [0.25, 0.3) is 0 Å². The van der Waals surface area contributed by atoms with Crippen LogP contribution in [0.1, 0.15) is 0 Å². The number of nitrogens with zero attached hydrogens (tertiary/aromatic N) is 3. The monoisotopic (exact) mass is 319 g/mol. The van der Waals surface area contributed by atoms with E-state index >= 15 is 0 Å². The van der Waals surface area contributed by atoms with Crippen LogP contribution in [-0.4, -0.2) is 26.7 Å². The molecule has 0 spiro atoms. The zero-order chi connectivity index (χ0) is 14.4. The van der Waals surface area contributed by atoms with Crippen molar-refractivity contribution in [3.05, 3.63) is 38.4 Å². The predicted octanol–water partition coefficient (Wildman–Crippen LogP) is 3.59. The van der Waals surface area contributed by atoms with Gasteiger partial charge in [0.1, 0.15) is 9.27 Å². The van der Waals surface area contributed by atoms with Crippen LogP contribution in [0.15, 0.2) is 27.5 Å². The summed E-state index contributed by atoms with van der Waals surface area (Å²) in [5, 5.41) is 21.5. The van der Waals surface area contributed by atoms with E-state index < -0.39 is 9.85 Å². The van der Waals surface area contributed by atoms with E-state index in [0.29, 0.717) is 0 Å². The average Bonchev–Trinajstić information content (AvgIpc) is 2.39. The predicted molar refractivity (Wildman–Crippen MR) is 80.1 cm³/mol. The van der Waals surface area contributed by atoms with E-state index in [2.05, 4.69) is 4.40 Å². The Morgan fingerprint density at radius 1 is 1.16 bits per heavy atom. The summed E-state index contributed by atoms with van der Waals surface area (Å²) in [5.74, 6) is 0. The molecule has 0 bridgehead atoms. The summed E-state index contributed by atoms with van der Waals surface area (Å²) >= 11 is 3.79. The van der Waals surface area contributed by atoms with Gasteiger partial charge in [0.15, 0.2) is 0 Å². The number of thioether (sulfide) groups is 2. The molecule has 0 radical (unpaired) electrons. The van der Waals surface area contributed by atoms with E-state index in [9.17, 15) is 20.2 Å². The fourth-order valence-corrected chi connectivity index (χ4v) is 3.10. The molecule has 7 nitrogen and oxygen atoms in total. The maximum Gasteiger partial charge on any atom is 0.291 e. The number of nitro groups is 2. The van der Waals surface area contributed by atoms with Gasteiger partial charge in [-0.2, -0.15) is 4.40 Å². The van der Waals surface area contributed by atoms with Crippen molar-refractivity contribution in [1.82, 2.24) is 0 Å². The van der Waals surface area contributed by atoms with Crippen molar-refractivity contribution in [2.24, 2.45) is 4.40 Å². The molecule has 0 fully saturated rings. The van der Waals surface area contributed by atoms with Gasteiger partial charge in [0.05, 0.1) is 15.9 Å².